The van der Waals surface area contributed by atoms with Crippen LogP contribution in [0.2, 0.25) is 0 Å². The molecule has 0 aliphatic heterocycles. The zero-order chi connectivity index (χ0) is 9.97. The monoisotopic (exact) mass is 187 g/mol. The summed E-state index contributed by atoms with van der Waals surface area (Å²) in [5.74, 6) is 0.643. The first-order valence-electron chi connectivity index (χ1n) is 5.41. The van der Waals surface area contributed by atoms with Crippen molar-refractivity contribution in [3.63, 3.8) is 0 Å². The first-order chi connectivity index (χ1) is 6.77. The highest BCUT2D eigenvalue weighted by atomic mass is 14.6. The Kier molecular flexibility index (Phi) is 2.67. The Morgan fingerprint density at radius 1 is 1.36 bits per heavy atom. The molecule has 74 valence electrons. The maximum atomic E-state index is 4.18. The molecule has 1 aliphatic rings. The molecular formula is C13H17N. The molecule has 1 heteroatoms. The summed E-state index contributed by atoms with van der Waals surface area (Å²) in [6.07, 6.45) is 10.0. The van der Waals surface area contributed by atoms with E-state index in [9.17, 15) is 0 Å². The maximum absolute atomic E-state index is 4.18. The molecule has 0 saturated heterocycles. The number of hydrogen-bond donors (Lipinski definition) is 0. The molecule has 0 unspecified atom stereocenters. The Morgan fingerprint density at radius 3 is 3.00 bits per heavy atom. The second-order valence-electron chi connectivity index (χ2n) is 4.32. The van der Waals surface area contributed by atoms with Gasteiger partial charge in [-0.2, -0.15) is 0 Å². The van der Waals surface area contributed by atoms with Gasteiger partial charge in [-0.15, -0.1) is 0 Å². The molecule has 1 aromatic heterocycles. The van der Waals surface area contributed by atoms with Gasteiger partial charge in [0.1, 0.15) is 0 Å². The van der Waals surface area contributed by atoms with Crippen LogP contribution in [0.4, 0.5) is 0 Å². The van der Waals surface area contributed by atoms with Gasteiger partial charge in [-0.25, -0.2) is 0 Å². The molecule has 2 rings (SSSR count). The van der Waals surface area contributed by atoms with Crippen molar-refractivity contribution in [2.45, 2.75) is 33.1 Å². The third-order valence-corrected chi connectivity index (χ3v) is 2.68. The Morgan fingerprint density at radius 2 is 2.21 bits per heavy atom. The van der Waals surface area contributed by atoms with Crippen LogP contribution in [-0.2, 0) is 6.42 Å². The van der Waals surface area contributed by atoms with E-state index in [4.69, 9.17) is 0 Å². The zero-order valence-corrected chi connectivity index (χ0v) is 8.96. The highest BCUT2D eigenvalue weighted by Gasteiger charge is 2.13. The van der Waals surface area contributed by atoms with E-state index >= 15 is 0 Å². The molecule has 1 aromatic rings. The number of fused-ring (bicyclic) bond motifs is 1. The fourth-order valence-electron chi connectivity index (χ4n) is 2.12. The quantitative estimate of drug-likeness (QED) is 0.656. The molecular weight excluding hydrogens is 170 g/mol. The van der Waals surface area contributed by atoms with E-state index in [-0.39, 0.29) is 0 Å². The third kappa shape index (κ3) is 1.87. The van der Waals surface area contributed by atoms with E-state index in [1.165, 1.54) is 36.0 Å². The SMILES string of the molecule is CC(C)/C=C1\CCCc2cnccc21. The van der Waals surface area contributed by atoms with E-state index in [1.54, 1.807) is 0 Å². The minimum absolute atomic E-state index is 0.643. The topological polar surface area (TPSA) is 12.9 Å². The molecule has 0 spiro atoms. The number of allylic oxidation sites excluding steroid dienone is 2. The van der Waals surface area contributed by atoms with Crippen LogP contribution in [0, 0.1) is 5.92 Å². The van der Waals surface area contributed by atoms with Crippen LogP contribution in [0.15, 0.2) is 24.5 Å². The number of pyridine rings is 1. The standard InChI is InChI=1S/C13H17N/c1-10(2)8-11-4-3-5-12-9-14-7-6-13(11)12/h6-10H,3-5H2,1-2H3/b11-8+. The van der Waals surface area contributed by atoms with Crippen molar-refractivity contribution in [3.05, 3.63) is 35.7 Å². The van der Waals surface area contributed by atoms with Gasteiger partial charge in [0.15, 0.2) is 0 Å². The molecule has 0 amide bonds. The van der Waals surface area contributed by atoms with E-state index in [0.717, 1.165) is 0 Å². The number of aryl methyl sites for hydroxylation is 1. The lowest BCUT2D eigenvalue weighted by atomic mass is 9.87. The van der Waals surface area contributed by atoms with E-state index in [1.807, 2.05) is 12.4 Å². The van der Waals surface area contributed by atoms with Crippen molar-refractivity contribution in [3.8, 4) is 0 Å². The Balaban J connectivity index is 2.40. The van der Waals surface area contributed by atoms with Crippen LogP contribution in [0.1, 0.15) is 37.8 Å². The molecule has 14 heavy (non-hydrogen) atoms. The predicted molar refractivity (Wildman–Crippen MR) is 60.0 cm³/mol. The van der Waals surface area contributed by atoms with Gasteiger partial charge in [-0.05, 0) is 47.9 Å². The van der Waals surface area contributed by atoms with Crippen LogP contribution < -0.4 is 0 Å². The Bertz CT molecular complexity index is 350. The minimum atomic E-state index is 0.643. The lowest BCUT2D eigenvalue weighted by Crippen LogP contribution is -2.03. The molecule has 0 N–H and O–H groups in total. The van der Waals surface area contributed by atoms with Gasteiger partial charge in [-0.1, -0.05) is 19.9 Å². The fraction of sp³-hybridized carbons (Fsp3) is 0.462. The van der Waals surface area contributed by atoms with E-state index < -0.39 is 0 Å². The molecule has 1 heterocycles. The zero-order valence-electron chi connectivity index (χ0n) is 8.96. The second-order valence-corrected chi connectivity index (χ2v) is 4.32. The van der Waals surface area contributed by atoms with Crippen molar-refractivity contribution in [1.29, 1.82) is 0 Å². The van der Waals surface area contributed by atoms with Crippen molar-refractivity contribution in [2.75, 3.05) is 0 Å². The minimum Gasteiger partial charge on any atom is -0.264 e. The normalized spacial score (nSPS) is 18.6. The molecule has 0 fully saturated rings. The van der Waals surface area contributed by atoms with Gasteiger partial charge in [0.2, 0.25) is 0 Å². The van der Waals surface area contributed by atoms with Gasteiger partial charge >= 0.3 is 0 Å². The summed E-state index contributed by atoms with van der Waals surface area (Å²) >= 11 is 0. The number of rotatable bonds is 1. The first-order valence-corrected chi connectivity index (χ1v) is 5.41. The third-order valence-electron chi connectivity index (χ3n) is 2.68. The summed E-state index contributed by atoms with van der Waals surface area (Å²) in [7, 11) is 0. The Hall–Kier alpha value is -1.11. The molecule has 0 atom stereocenters. The molecule has 0 aromatic carbocycles. The summed E-state index contributed by atoms with van der Waals surface area (Å²) in [6.45, 7) is 4.48. The van der Waals surface area contributed by atoms with Crippen LogP contribution in [0.5, 0.6) is 0 Å². The van der Waals surface area contributed by atoms with Crippen LogP contribution >= 0.6 is 0 Å². The molecule has 0 bridgehead atoms. The molecule has 0 saturated carbocycles. The predicted octanol–water partition coefficient (Wildman–Crippen LogP) is 3.46. The summed E-state index contributed by atoms with van der Waals surface area (Å²) < 4.78 is 0. The first kappa shape index (κ1) is 9.45. The van der Waals surface area contributed by atoms with Gasteiger partial charge in [0.25, 0.3) is 0 Å². The summed E-state index contributed by atoms with van der Waals surface area (Å²) in [6, 6.07) is 2.16. The van der Waals surface area contributed by atoms with Crippen LogP contribution in [0.25, 0.3) is 5.57 Å². The van der Waals surface area contributed by atoms with Crippen molar-refractivity contribution < 1.29 is 0 Å². The second kappa shape index (κ2) is 3.95. The molecule has 1 nitrogen and oxygen atoms in total. The lowest BCUT2D eigenvalue weighted by molar-refractivity contribution is 0.789. The highest BCUT2D eigenvalue weighted by Crippen LogP contribution is 2.30. The van der Waals surface area contributed by atoms with E-state index in [0.29, 0.717) is 5.92 Å². The van der Waals surface area contributed by atoms with Crippen molar-refractivity contribution >= 4 is 5.57 Å². The molecule has 1 aliphatic carbocycles. The number of nitrogens with zero attached hydrogens (tertiary/aromatic N) is 1. The van der Waals surface area contributed by atoms with Gasteiger partial charge in [0, 0.05) is 12.4 Å². The summed E-state index contributed by atoms with van der Waals surface area (Å²) in [5.41, 5.74) is 4.37. The smallest absolute Gasteiger partial charge is 0.0305 e. The summed E-state index contributed by atoms with van der Waals surface area (Å²) in [4.78, 5) is 4.18. The lowest BCUT2D eigenvalue weighted by Gasteiger charge is -2.19. The largest absolute Gasteiger partial charge is 0.264 e. The average molecular weight is 187 g/mol. The maximum Gasteiger partial charge on any atom is 0.0305 e. The number of aromatic nitrogens is 1. The van der Waals surface area contributed by atoms with Gasteiger partial charge in [0.05, 0.1) is 0 Å². The highest BCUT2D eigenvalue weighted by molar-refractivity contribution is 5.69. The fourth-order valence-corrected chi connectivity index (χ4v) is 2.12. The van der Waals surface area contributed by atoms with E-state index in [2.05, 4.69) is 31.0 Å². The Labute approximate surface area is 85.9 Å². The van der Waals surface area contributed by atoms with Gasteiger partial charge < -0.3 is 0 Å². The van der Waals surface area contributed by atoms with Gasteiger partial charge in [-0.3, -0.25) is 4.98 Å². The van der Waals surface area contributed by atoms with Crippen LogP contribution in [-0.4, -0.2) is 4.98 Å². The van der Waals surface area contributed by atoms with Crippen molar-refractivity contribution in [2.24, 2.45) is 5.92 Å². The summed E-state index contributed by atoms with van der Waals surface area (Å²) in [5, 5.41) is 0. The average Bonchev–Trinajstić information content (AvgIpc) is 2.18. The number of hydrogen-bond acceptors (Lipinski definition) is 1. The molecule has 0 radical (unpaired) electrons. The van der Waals surface area contributed by atoms with Crippen molar-refractivity contribution in [1.82, 2.24) is 4.98 Å². The van der Waals surface area contributed by atoms with Crippen LogP contribution in [0.3, 0.4) is 0 Å².